The molecule has 0 radical (unpaired) electrons. The third-order valence-electron chi connectivity index (χ3n) is 2.04. The number of halogens is 1. The van der Waals surface area contributed by atoms with Gasteiger partial charge in [-0.3, -0.25) is 0 Å². The number of hydrogen-bond donors (Lipinski definition) is 0. The monoisotopic (exact) mass is 320 g/mol. The van der Waals surface area contributed by atoms with Crippen LogP contribution in [0.25, 0.3) is 10.1 Å². The maximum absolute atomic E-state index is 5.31. The molecule has 0 spiro atoms. The summed E-state index contributed by atoms with van der Waals surface area (Å²) in [5, 5.41) is 3.09. The predicted octanol–water partition coefficient (Wildman–Crippen LogP) is 3.52. The molecule has 74 valence electrons. The molecule has 1 heterocycles. The average Bonchev–Trinajstić information content (AvgIpc) is 2.63. The molecule has 0 atom stereocenters. The van der Waals surface area contributed by atoms with Crippen molar-refractivity contribution in [2.45, 2.75) is 0 Å². The van der Waals surface area contributed by atoms with Crippen molar-refractivity contribution in [1.29, 1.82) is 0 Å². The fraction of sp³-hybridized carbons (Fsp3) is 0.200. The van der Waals surface area contributed by atoms with E-state index in [0.717, 1.165) is 16.9 Å². The van der Waals surface area contributed by atoms with Crippen LogP contribution in [-0.4, -0.2) is 14.2 Å². The quantitative estimate of drug-likeness (QED) is 0.788. The highest BCUT2D eigenvalue weighted by molar-refractivity contribution is 14.1. The predicted molar refractivity (Wildman–Crippen MR) is 67.6 cm³/mol. The van der Waals surface area contributed by atoms with Crippen LogP contribution in [0, 0.1) is 3.57 Å². The van der Waals surface area contributed by atoms with Gasteiger partial charge < -0.3 is 9.47 Å². The normalized spacial score (nSPS) is 10.5. The summed E-state index contributed by atoms with van der Waals surface area (Å²) in [5.74, 6) is 1.76. The molecule has 0 aliphatic rings. The Morgan fingerprint density at radius 2 is 1.86 bits per heavy atom. The third kappa shape index (κ3) is 1.46. The van der Waals surface area contributed by atoms with Crippen LogP contribution in [0.1, 0.15) is 0 Å². The van der Waals surface area contributed by atoms with Crippen molar-refractivity contribution in [3.63, 3.8) is 0 Å². The van der Waals surface area contributed by atoms with E-state index >= 15 is 0 Å². The Morgan fingerprint density at radius 1 is 1.14 bits per heavy atom. The lowest BCUT2D eigenvalue weighted by molar-refractivity contribution is 0.406. The number of methoxy groups -OCH3 is 2. The van der Waals surface area contributed by atoms with Crippen molar-refractivity contribution in [1.82, 2.24) is 0 Å². The first-order valence-corrected chi connectivity index (χ1v) is 6.01. The summed E-state index contributed by atoms with van der Waals surface area (Å²) in [6.45, 7) is 0. The summed E-state index contributed by atoms with van der Waals surface area (Å²) in [6.07, 6.45) is 0. The number of benzene rings is 1. The molecule has 2 nitrogen and oxygen atoms in total. The number of hydrogen-bond acceptors (Lipinski definition) is 3. The highest BCUT2D eigenvalue weighted by atomic mass is 127. The zero-order valence-corrected chi connectivity index (χ0v) is 10.8. The van der Waals surface area contributed by atoms with E-state index in [1.165, 1.54) is 8.27 Å². The van der Waals surface area contributed by atoms with Gasteiger partial charge in [0, 0.05) is 8.95 Å². The van der Waals surface area contributed by atoms with Crippen molar-refractivity contribution in [2.75, 3.05) is 14.2 Å². The van der Waals surface area contributed by atoms with Crippen molar-refractivity contribution in [3.8, 4) is 11.5 Å². The molecular weight excluding hydrogens is 311 g/mol. The molecule has 2 rings (SSSR count). The summed E-state index contributed by atoms with van der Waals surface area (Å²) >= 11 is 4.00. The first-order valence-electron chi connectivity index (χ1n) is 4.05. The SMILES string of the molecule is COc1ccc(I)c2scc(OC)c12. The van der Waals surface area contributed by atoms with Crippen molar-refractivity contribution in [3.05, 3.63) is 21.1 Å². The molecule has 0 aliphatic heterocycles. The van der Waals surface area contributed by atoms with Crippen molar-refractivity contribution < 1.29 is 9.47 Å². The van der Waals surface area contributed by atoms with Crippen LogP contribution in [0.5, 0.6) is 11.5 Å². The van der Waals surface area contributed by atoms with Gasteiger partial charge in [0.2, 0.25) is 0 Å². The van der Waals surface area contributed by atoms with E-state index < -0.39 is 0 Å². The van der Waals surface area contributed by atoms with E-state index in [2.05, 4.69) is 28.7 Å². The molecule has 0 saturated carbocycles. The molecule has 14 heavy (non-hydrogen) atoms. The molecular formula is C10H9IO2S. The van der Waals surface area contributed by atoms with Gasteiger partial charge in [0.15, 0.2) is 0 Å². The van der Waals surface area contributed by atoms with E-state index in [4.69, 9.17) is 9.47 Å². The molecule has 0 saturated heterocycles. The van der Waals surface area contributed by atoms with E-state index in [1.807, 2.05) is 11.4 Å². The Kier molecular flexibility index (Phi) is 2.83. The van der Waals surface area contributed by atoms with E-state index in [0.29, 0.717) is 0 Å². The third-order valence-corrected chi connectivity index (χ3v) is 4.30. The van der Waals surface area contributed by atoms with Gasteiger partial charge in [-0.1, -0.05) is 0 Å². The summed E-state index contributed by atoms with van der Waals surface area (Å²) in [5.41, 5.74) is 0. The first kappa shape index (κ1) is 10.0. The molecule has 0 bridgehead atoms. The molecule has 1 aromatic heterocycles. The Hall–Kier alpha value is -0.490. The summed E-state index contributed by atoms with van der Waals surface area (Å²) < 4.78 is 13.1. The lowest BCUT2D eigenvalue weighted by Gasteiger charge is -2.04. The van der Waals surface area contributed by atoms with Gasteiger partial charge in [-0.2, -0.15) is 0 Å². The van der Waals surface area contributed by atoms with E-state index in [9.17, 15) is 0 Å². The lowest BCUT2D eigenvalue weighted by atomic mass is 10.2. The largest absolute Gasteiger partial charge is 0.496 e. The standard InChI is InChI=1S/C10H9IO2S/c1-12-7-4-3-6(11)10-9(7)8(13-2)5-14-10/h3-5H,1-2H3. The molecule has 2 aromatic rings. The average molecular weight is 320 g/mol. The van der Waals surface area contributed by atoms with Gasteiger partial charge >= 0.3 is 0 Å². The van der Waals surface area contributed by atoms with Crippen LogP contribution in [-0.2, 0) is 0 Å². The highest BCUT2D eigenvalue weighted by Crippen LogP contribution is 2.40. The van der Waals surface area contributed by atoms with Gasteiger partial charge in [0.1, 0.15) is 11.5 Å². The van der Waals surface area contributed by atoms with Gasteiger partial charge in [-0.15, -0.1) is 11.3 Å². The van der Waals surface area contributed by atoms with Gasteiger partial charge in [-0.05, 0) is 34.7 Å². The van der Waals surface area contributed by atoms with Gasteiger partial charge in [0.25, 0.3) is 0 Å². The molecule has 4 heteroatoms. The van der Waals surface area contributed by atoms with Crippen LogP contribution >= 0.6 is 33.9 Å². The molecule has 0 aliphatic carbocycles. The van der Waals surface area contributed by atoms with Crippen LogP contribution in [0.4, 0.5) is 0 Å². The van der Waals surface area contributed by atoms with E-state index in [1.54, 1.807) is 25.6 Å². The molecule has 0 N–H and O–H groups in total. The minimum atomic E-state index is 0.874. The highest BCUT2D eigenvalue weighted by Gasteiger charge is 2.12. The zero-order valence-electron chi connectivity index (χ0n) is 7.83. The maximum atomic E-state index is 5.31. The zero-order chi connectivity index (χ0) is 10.1. The molecule has 0 fully saturated rings. The second-order valence-corrected chi connectivity index (χ2v) is 4.80. The second kappa shape index (κ2) is 3.94. The number of thiophene rings is 1. The topological polar surface area (TPSA) is 18.5 Å². The van der Waals surface area contributed by atoms with Crippen LogP contribution in [0.15, 0.2) is 17.5 Å². The molecule has 1 aromatic carbocycles. The minimum Gasteiger partial charge on any atom is -0.496 e. The Balaban J connectivity index is 2.82. The fourth-order valence-corrected chi connectivity index (χ4v) is 3.15. The van der Waals surface area contributed by atoms with Crippen LogP contribution in [0.3, 0.4) is 0 Å². The van der Waals surface area contributed by atoms with Crippen molar-refractivity contribution >= 4 is 44.0 Å². The second-order valence-electron chi connectivity index (χ2n) is 2.76. The Labute approximate surface area is 100.0 Å². The Bertz CT molecular complexity index is 464. The number of rotatable bonds is 2. The maximum Gasteiger partial charge on any atom is 0.141 e. The molecule has 0 amide bonds. The van der Waals surface area contributed by atoms with Gasteiger partial charge in [-0.25, -0.2) is 0 Å². The number of ether oxygens (including phenoxy) is 2. The van der Waals surface area contributed by atoms with Crippen molar-refractivity contribution in [2.24, 2.45) is 0 Å². The number of fused-ring (bicyclic) bond motifs is 1. The smallest absolute Gasteiger partial charge is 0.141 e. The summed E-state index contributed by atoms with van der Waals surface area (Å²) in [4.78, 5) is 0. The lowest BCUT2D eigenvalue weighted by Crippen LogP contribution is -1.86. The Morgan fingerprint density at radius 3 is 2.50 bits per heavy atom. The van der Waals surface area contributed by atoms with Gasteiger partial charge in [0.05, 0.1) is 24.3 Å². The minimum absolute atomic E-state index is 0.874. The van der Waals surface area contributed by atoms with Crippen LogP contribution < -0.4 is 9.47 Å². The molecule has 0 unspecified atom stereocenters. The van der Waals surface area contributed by atoms with Crippen LogP contribution in [0.2, 0.25) is 0 Å². The summed E-state index contributed by atoms with van der Waals surface area (Å²) in [7, 11) is 3.36. The summed E-state index contributed by atoms with van der Waals surface area (Å²) in [6, 6.07) is 4.02. The van der Waals surface area contributed by atoms with E-state index in [-0.39, 0.29) is 0 Å². The fourth-order valence-electron chi connectivity index (χ4n) is 1.38. The first-order chi connectivity index (χ1) is 6.77.